The molecule has 0 amide bonds. The number of rotatable bonds is 57. The third-order valence-electron chi connectivity index (χ3n) is 13.1. The van der Waals surface area contributed by atoms with E-state index in [1.54, 1.807) is 0 Å². The fraction of sp³-hybridized carbons (Fsp3) is 0.766. The topological polar surface area (TPSA) is 155 Å². The predicted octanol–water partition coefficient (Wildman–Crippen LogP) is 18.5. The first kappa shape index (κ1) is 72.9. The number of ether oxygens (including phenoxy) is 3. The molecule has 0 aromatic rings. The lowest BCUT2D eigenvalue weighted by Gasteiger charge is -2.21. The smallest absolute Gasteiger partial charge is 0.462 e. The van der Waals surface area contributed by atoms with E-state index in [1.165, 1.54) is 109 Å². The summed E-state index contributed by atoms with van der Waals surface area (Å²) in [4.78, 5) is 48.6. The minimum Gasteiger partial charge on any atom is -0.462 e. The lowest BCUT2D eigenvalue weighted by Crippen LogP contribution is -2.30. The fourth-order valence-corrected chi connectivity index (χ4v) is 9.18. The van der Waals surface area contributed by atoms with Gasteiger partial charge in [0.2, 0.25) is 0 Å². The summed E-state index contributed by atoms with van der Waals surface area (Å²) in [6.07, 6.45) is 65.7. The molecule has 0 aliphatic carbocycles. The quantitative estimate of drug-likeness (QED) is 0.0197. The molecule has 12 heteroatoms. The fourth-order valence-electron chi connectivity index (χ4n) is 8.40. The van der Waals surface area contributed by atoms with Gasteiger partial charge in [0.25, 0.3) is 0 Å². The van der Waals surface area contributed by atoms with Gasteiger partial charge in [-0.3, -0.25) is 23.4 Å². The van der Waals surface area contributed by atoms with Crippen molar-refractivity contribution in [2.24, 2.45) is 0 Å². The number of carbonyl (C=O) groups is 3. The van der Waals surface area contributed by atoms with Crippen LogP contribution in [0.5, 0.6) is 0 Å². The molecule has 0 aliphatic heterocycles. The van der Waals surface area contributed by atoms with Gasteiger partial charge >= 0.3 is 25.7 Å². The van der Waals surface area contributed by atoms with Crippen molar-refractivity contribution in [3.05, 3.63) is 72.9 Å². The Bertz CT molecular complexity index is 1550. The first-order chi connectivity index (χ1) is 37.2. The van der Waals surface area contributed by atoms with Gasteiger partial charge in [-0.25, -0.2) is 4.57 Å². The van der Waals surface area contributed by atoms with Crippen molar-refractivity contribution in [3.8, 4) is 0 Å². The number of aliphatic hydroxyl groups excluding tert-OH is 1. The van der Waals surface area contributed by atoms with Gasteiger partial charge in [0, 0.05) is 19.3 Å². The molecule has 0 heterocycles. The van der Waals surface area contributed by atoms with Crippen molar-refractivity contribution in [2.75, 3.05) is 26.4 Å². The Kier molecular flexibility index (Phi) is 55.7. The number of hydrogen-bond acceptors (Lipinski definition) is 10. The highest BCUT2D eigenvalue weighted by Crippen LogP contribution is 2.43. The Balaban J connectivity index is 4.71. The second-order valence-electron chi connectivity index (χ2n) is 20.5. The van der Waals surface area contributed by atoms with Crippen LogP contribution in [0.15, 0.2) is 72.9 Å². The molecule has 3 atom stereocenters. The van der Waals surface area contributed by atoms with E-state index in [1.807, 2.05) is 0 Å². The predicted molar refractivity (Wildman–Crippen MR) is 316 cm³/mol. The first-order valence-electron chi connectivity index (χ1n) is 30.8. The maximum absolute atomic E-state index is 12.9. The minimum absolute atomic E-state index is 0.147. The summed E-state index contributed by atoms with van der Waals surface area (Å²) in [5.41, 5.74) is 0. The van der Waals surface area contributed by atoms with Crippen LogP contribution in [0.1, 0.15) is 278 Å². The minimum atomic E-state index is -4.76. The molecule has 11 nitrogen and oxygen atoms in total. The summed E-state index contributed by atoms with van der Waals surface area (Å²) in [7, 11) is -4.76. The molecule has 0 saturated carbocycles. The highest BCUT2D eigenvalue weighted by atomic mass is 31.2. The lowest BCUT2D eigenvalue weighted by molar-refractivity contribution is -0.161. The molecule has 0 fully saturated rings. The average molecular weight is 1090 g/mol. The van der Waals surface area contributed by atoms with Crippen LogP contribution in [0.25, 0.3) is 0 Å². The second-order valence-corrected chi connectivity index (χ2v) is 21.9. The summed E-state index contributed by atoms with van der Waals surface area (Å²) in [5, 5.41) is 9.83. The molecule has 0 bridgehead atoms. The number of esters is 3. The maximum Gasteiger partial charge on any atom is 0.472 e. The lowest BCUT2D eigenvalue weighted by atomic mass is 10.1. The SMILES string of the molecule is CC/C=C\C/C=C\C/C=C\C/C=C\CCCCCCC(=O)OC(CO)COP(=O)(O)OCC(COC(=O)CCCCCCC/C=C\CCCCCC)OC(=O)CCCCCCCCCCC/C=C\CCCCCCCC. The van der Waals surface area contributed by atoms with Crippen LogP contribution in [0, 0.1) is 0 Å². The number of phosphoric ester groups is 1. The standard InChI is InChI=1S/C64H113O11P/c1-4-7-10-13-16-19-22-25-27-29-30-32-34-37-40-43-46-49-52-55-64(68)75-61(57-71-62(66)53-50-47-44-41-38-35-24-21-18-15-12-9-6-3)59-73-76(69,70)72-58-60(56-65)74-63(67)54-51-48-45-42-39-36-33-31-28-26-23-20-17-14-11-8-5-2/h8,11,17,20-21,24-28,33,36,60-61,65H,4-7,9-10,12-16,18-19,22-23,29-32,34-35,37-59H2,1-3H3,(H,69,70)/b11-8-,20-17-,24-21-,27-25-,28-26-,36-33-. The van der Waals surface area contributed by atoms with Gasteiger partial charge in [-0.1, -0.05) is 222 Å². The van der Waals surface area contributed by atoms with Gasteiger partial charge in [-0.15, -0.1) is 0 Å². The Morgan fingerprint density at radius 3 is 1.08 bits per heavy atom. The van der Waals surface area contributed by atoms with Crippen LogP contribution in [0.2, 0.25) is 0 Å². The summed E-state index contributed by atoms with van der Waals surface area (Å²) < 4.78 is 39.6. The van der Waals surface area contributed by atoms with Crippen LogP contribution in [-0.4, -0.2) is 66.5 Å². The van der Waals surface area contributed by atoms with Crippen molar-refractivity contribution in [2.45, 2.75) is 290 Å². The third-order valence-corrected chi connectivity index (χ3v) is 14.0. The van der Waals surface area contributed by atoms with Crippen LogP contribution in [-0.2, 0) is 42.2 Å². The van der Waals surface area contributed by atoms with Crippen LogP contribution in [0.4, 0.5) is 0 Å². The Labute approximate surface area is 465 Å². The first-order valence-corrected chi connectivity index (χ1v) is 32.3. The van der Waals surface area contributed by atoms with E-state index in [9.17, 15) is 28.9 Å². The summed E-state index contributed by atoms with van der Waals surface area (Å²) in [5.74, 6) is -1.49. The number of hydrogen-bond donors (Lipinski definition) is 2. The third kappa shape index (κ3) is 55.7. The molecule has 0 aromatic heterocycles. The molecule has 0 spiro atoms. The van der Waals surface area contributed by atoms with E-state index in [4.69, 9.17) is 23.3 Å². The van der Waals surface area contributed by atoms with Gasteiger partial charge < -0.3 is 24.2 Å². The molecule has 2 N–H and O–H groups in total. The van der Waals surface area contributed by atoms with E-state index in [0.29, 0.717) is 19.3 Å². The van der Waals surface area contributed by atoms with E-state index in [0.717, 1.165) is 109 Å². The monoisotopic (exact) mass is 1090 g/mol. The molecule has 0 aromatic carbocycles. The second kappa shape index (κ2) is 58.1. The summed E-state index contributed by atoms with van der Waals surface area (Å²) >= 11 is 0. The number of unbranched alkanes of at least 4 members (excludes halogenated alkanes) is 28. The molecule has 76 heavy (non-hydrogen) atoms. The molecule has 0 saturated heterocycles. The molecule has 3 unspecified atom stereocenters. The Hall–Kier alpha value is -3.08. The zero-order valence-corrected chi connectivity index (χ0v) is 49.6. The van der Waals surface area contributed by atoms with Crippen molar-refractivity contribution >= 4 is 25.7 Å². The van der Waals surface area contributed by atoms with E-state index < -0.39 is 57.8 Å². The average Bonchev–Trinajstić information content (AvgIpc) is 3.41. The van der Waals surface area contributed by atoms with Gasteiger partial charge in [0.15, 0.2) is 6.10 Å². The Morgan fingerprint density at radius 1 is 0.382 bits per heavy atom. The van der Waals surface area contributed by atoms with Crippen molar-refractivity contribution < 1.29 is 52.2 Å². The number of phosphoric acid groups is 1. The van der Waals surface area contributed by atoms with Crippen LogP contribution < -0.4 is 0 Å². The number of aliphatic hydroxyl groups is 1. The maximum atomic E-state index is 12.9. The van der Waals surface area contributed by atoms with Gasteiger partial charge in [0.05, 0.1) is 19.8 Å². The van der Waals surface area contributed by atoms with Crippen molar-refractivity contribution in [1.82, 2.24) is 0 Å². The van der Waals surface area contributed by atoms with E-state index in [-0.39, 0.29) is 25.9 Å². The number of allylic oxidation sites excluding steroid dienone is 12. The Morgan fingerprint density at radius 2 is 0.684 bits per heavy atom. The summed E-state index contributed by atoms with van der Waals surface area (Å²) in [6.45, 7) is 4.50. The van der Waals surface area contributed by atoms with Crippen molar-refractivity contribution in [3.63, 3.8) is 0 Å². The molecular weight excluding hydrogens is 976 g/mol. The highest BCUT2D eigenvalue weighted by Gasteiger charge is 2.28. The highest BCUT2D eigenvalue weighted by molar-refractivity contribution is 7.47. The normalized spacial score (nSPS) is 13.8. The van der Waals surface area contributed by atoms with Crippen LogP contribution in [0.3, 0.4) is 0 Å². The van der Waals surface area contributed by atoms with E-state index in [2.05, 4.69) is 93.7 Å². The van der Waals surface area contributed by atoms with Gasteiger partial charge in [-0.05, 0) is 109 Å². The molecule has 0 rings (SSSR count). The zero-order chi connectivity index (χ0) is 55.5. The molecule has 0 radical (unpaired) electrons. The zero-order valence-electron chi connectivity index (χ0n) is 48.7. The summed E-state index contributed by atoms with van der Waals surface area (Å²) in [6, 6.07) is 0. The van der Waals surface area contributed by atoms with Crippen molar-refractivity contribution in [1.29, 1.82) is 0 Å². The number of carbonyl (C=O) groups excluding carboxylic acids is 3. The largest absolute Gasteiger partial charge is 0.472 e. The molecule has 0 aliphatic rings. The van der Waals surface area contributed by atoms with Crippen LogP contribution >= 0.6 is 7.82 Å². The molecule has 440 valence electrons. The van der Waals surface area contributed by atoms with E-state index >= 15 is 0 Å². The van der Waals surface area contributed by atoms with Gasteiger partial charge in [-0.2, -0.15) is 0 Å². The molecular formula is C64H113O11P. The van der Waals surface area contributed by atoms with Gasteiger partial charge in [0.1, 0.15) is 12.7 Å².